The summed E-state index contributed by atoms with van der Waals surface area (Å²) < 4.78 is 27.7. The zero-order chi connectivity index (χ0) is 15.3. The van der Waals surface area contributed by atoms with Gasteiger partial charge in [0.05, 0.1) is 0 Å². The average molecular weight is 311 g/mol. The molecule has 0 amide bonds. The number of nitrogens with zero attached hydrogens (tertiary/aromatic N) is 1. The van der Waals surface area contributed by atoms with E-state index in [1.165, 1.54) is 6.42 Å². The minimum absolute atomic E-state index is 0.106. The molecule has 1 aliphatic rings. The second-order valence-electron chi connectivity index (χ2n) is 6.01. The van der Waals surface area contributed by atoms with Crippen LogP contribution in [0.5, 0.6) is 0 Å². The highest BCUT2D eigenvalue weighted by Gasteiger charge is 2.32. The van der Waals surface area contributed by atoms with Crippen LogP contribution >= 0.6 is 0 Å². The highest BCUT2D eigenvalue weighted by atomic mass is 32.2. The van der Waals surface area contributed by atoms with Gasteiger partial charge in [0, 0.05) is 18.3 Å². The van der Waals surface area contributed by atoms with Gasteiger partial charge >= 0.3 is 0 Å². The number of pyridine rings is 1. The predicted octanol–water partition coefficient (Wildman–Crippen LogP) is 2.19. The van der Waals surface area contributed by atoms with Gasteiger partial charge in [0.2, 0.25) is 0 Å². The topological polar surface area (TPSA) is 71.1 Å². The van der Waals surface area contributed by atoms with Crippen molar-refractivity contribution in [2.24, 2.45) is 0 Å². The van der Waals surface area contributed by atoms with Crippen LogP contribution in [0.4, 0.5) is 0 Å². The molecule has 0 spiro atoms. The molecule has 2 N–H and O–H groups in total. The Morgan fingerprint density at radius 1 is 1.24 bits per heavy atom. The van der Waals surface area contributed by atoms with Crippen LogP contribution in [-0.2, 0) is 16.6 Å². The average Bonchev–Trinajstić information content (AvgIpc) is 2.45. The lowest BCUT2D eigenvalue weighted by molar-refractivity contribution is 0.293. The van der Waals surface area contributed by atoms with Crippen molar-refractivity contribution in [2.75, 3.05) is 6.54 Å². The molecule has 0 aliphatic heterocycles. The van der Waals surface area contributed by atoms with Crippen LogP contribution in [0.15, 0.2) is 23.4 Å². The molecule has 1 aromatic rings. The van der Waals surface area contributed by atoms with E-state index in [0.29, 0.717) is 6.54 Å². The molecule has 0 bridgehead atoms. The molecule has 118 valence electrons. The Morgan fingerprint density at radius 3 is 2.52 bits per heavy atom. The Bertz CT molecular complexity index is 549. The van der Waals surface area contributed by atoms with E-state index in [9.17, 15) is 8.42 Å². The first-order valence-electron chi connectivity index (χ1n) is 7.65. The quantitative estimate of drug-likeness (QED) is 0.845. The van der Waals surface area contributed by atoms with Crippen LogP contribution in [0.2, 0.25) is 0 Å². The molecular formula is C15H25N3O2S. The molecule has 0 saturated heterocycles. The van der Waals surface area contributed by atoms with Crippen molar-refractivity contribution < 1.29 is 8.42 Å². The second kappa shape index (κ2) is 6.85. The SMILES string of the molecule is CCNCc1ccc(S(=O)(=O)NC2(C)CCCCC2)nc1. The molecule has 1 fully saturated rings. The third-order valence-corrected chi connectivity index (χ3v) is 5.54. The number of rotatable bonds is 6. The van der Waals surface area contributed by atoms with Gasteiger partial charge in [-0.3, -0.25) is 0 Å². The lowest BCUT2D eigenvalue weighted by atomic mass is 9.84. The first-order valence-corrected chi connectivity index (χ1v) is 9.13. The Labute approximate surface area is 127 Å². The fourth-order valence-corrected chi connectivity index (χ4v) is 4.15. The Kier molecular flexibility index (Phi) is 5.35. The number of hydrogen-bond acceptors (Lipinski definition) is 4. The maximum Gasteiger partial charge on any atom is 0.258 e. The summed E-state index contributed by atoms with van der Waals surface area (Å²) in [5.41, 5.74) is 0.654. The van der Waals surface area contributed by atoms with E-state index < -0.39 is 10.0 Å². The smallest absolute Gasteiger partial charge is 0.258 e. The van der Waals surface area contributed by atoms with Gasteiger partial charge in [-0.2, -0.15) is 0 Å². The number of aromatic nitrogens is 1. The van der Waals surface area contributed by atoms with Crippen molar-refractivity contribution in [3.8, 4) is 0 Å². The molecule has 0 unspecified atom stereocenters. The summed E-state index contributed by atoms with van der Waals surface area (Å²) in [6, 6.07) is 3.40. The first kappa shape index (κ1) is 16.4. The van der Waals surface area contributed by atoms with E-state index in [1.54, 1.807) is 12.3 Å². The van der Waals surface area contributed by atoms with Crippen LogP contribution in [0.1, 0.15) is 51.5 Å². The highest BCUT2D eigenvalue weighted by molar-refractivity contribution is 7.89. The summed E-state index contributed by atoms with van der Waals surface area (Å²) in [6.45, 7) is 5.60. The minimum atomic E-state index is -3.54. The number of hydrogen-bond donors (Lipinski definition) is 2. The van der Waals surface area contributed by atoms with Gasteiger partial charge in [-0.15, -0.1) is 0 Å². The van der Waals surface area contributed by atoms with Crippen LogP contribution in [0.25, 0.3) is 0 Å². The van der Waals surface area contributed by atoms with Gasteiger partial charge in [-0.1, -0.05) is 32.3 Å². The lowest BCUT2D eigenvalue weighted by Crippen LogP contribution is -2.47. The van der Waals surface area contributed by atoms with Crippen molar-refractivity contribution in [3.05, 3.63) is 23.9 Å². The van der Waals surface area contributed by atoms with Crippen molar-refractivity contribution >= 4 is 10.0 Å². The largest absolute Gasteiger partial charge is 0.313 e. The van der Waals surface area contributed by atoms with Gasteiger partial charge in [0.1, 0.15) is 0 Å². The summed E-state index contributed by atoms with van der Waals surface area (Å²) in [5.74, 6) is 0. The molecule has 2 rings (SSSR count). The van der Waals surface area contributed by atoms with Crippen LogP contribution in [0, 0.1) is 0 Å². The fourth-order valence-electron chi connectivity index (χ4n) is 2.75. The molecular weight excluding hydrogens is 286 g/mol. The zero-order valence-corrected chi connectivity index (χ0v) is 13.7. The van der Waals surface area contributed by atoms with Crippen LogP contribution in [-0.4, -0.2) is 25.5 Å². The highest BCUT2D eigenvalue weighted by Crippen LogP contribution is 2.29. The molecule has 5 nitrogen and oxygen atoms in total. The van der Waals surface area contributed by atoms with Gasteiger partial charge < -0.3 is 5.32 Å². The molecule has 0 radical (unpaired) electrons. The summed E-state index contributed by atoms with van der Waals surface area (Å²) in [4.78, 5) is 4.11. The molecule has 6 heteroatoms. The molecule has 0 aromatic carbocycles. The van der Waals surface area contributed by atoms with Crippen molar-refractivity contribution in [1.82, 2.24) is 15.0 Å². The van der Waals surface area contributed by atoms with E-state index >= 15 is 0 Å². The van der Waals surface area contributed by atoms with E-state index in [1.807, 2.05) is 19.9 Å². The van der Waals surface area contributed by atoms with Gasteiger partial charge in [-0.25, -0.2) is 18.1 Å². The minimum Gasteiger partial charge on any atom is -0.313 e. The van der Waals surface area contributed by atoms with Crippen molar-refractivity contribution in [2.45, 2.75) is 63.1 Å². The predicted molar refractivity (Wildman–Crippen MR) is 83.4 cm³/mol. The summed E-state index contributed by atoms with van der Waals surface area (Å²) in [6.07, 6.45) is 6.76. The van der Waals surface area contributed by atoms with Gasteiger partial charge in [-0.05, 0) is 37.9 Å². The maximum absolute atomic E-state index is 12.4. The summed E-state index contributed by atoms with van der Waals surface area (Å²) in [5, 5.41) is 3.30. The number of nitrogens with one attached hydrogen (secondary N) is 2. The third-order valence-electron chi connectivity index (χ3n) is 3.99. The lowest BCUT2D eigenvalue weighted by Gasteiger charge is -2.33. The van der Waals surface area contributed by atoms with E-state index in [0.717, 1.165) is 37.8 Å². The third kappa shape index (κ3) is 4.49. The normalized spacial score (nSPS) is 18.6. The standard InChI is InChI=1S/C15H25N3O2S/c1-3-16-11-13-7-8-14(17-12-13)21(19,20)18-15(2)9-5-4-6-10-15/h7-8,12,16,18H,3-6,9-11H2,1-2H3. The van der Waals surface area contributed by atoms with Crippen molar-refractivity contribution in [3.63, 3.8) is 0 Å². The van der Waals surface area contributed by atoms with Gasteiger partial charge in [0.15, 0.2) is 5.03 Å². The molecule has 21 heavy (non-hydrogen) atoms. The Hall–Kier alpha value is -0.980. The Morgan fingerprint density at radius 2 is 1.95 bits per heavy atom. The van der Waals surface area contributed by atoms with E-state index in [2.05, 4.69) is 15.0 Å². The van der Waals surface area contributed by atoms with Crippen molar-refractivity contribution in [1.29, 1.82) is 0 Å². The monoisotopic (exact) mass is 311 g/mol. The molecule has 1 saturated carbocycles. The zero-order valence-electron chi connectivity index (χ0n) is 12.9. The second-order valence-corrected chi connectivity index (χ2v) is 7.64. The fraction of sp³-hybridized carbons (Fsp3) is 0.667. The molecule has 0 atom stereocenters. The first-order chi connectivity index (χ1) is 9.95. The van der Waals surface area contributed by atoms with Crippen LogP contribution in [0.3, 0.4) is 0 Å². The summed E-state index contributed by atoms with van der Waals surface area (Å²) >= 11 is 0. The molecule has 1 aromatic heterocycles. The van der Waals surface area contributed by atoms with E-state index in [-0.39, 0.29) is 10.6 Å². The Balaban J connectivity index is 2.08. The number of sulfonamides is 1. The van der Waals surface area contributed by atoms with Gasteiger partial charge in [0.25, 0.3) is 10.0 Å². The molecule has 1 aliphatic carbocycles. The molecule has 1 heterocycles. The van der Waals surface area contributed by atoms with E-state index in [4.69, 9.17) is 0 Å². The maximum atomic E-state index is 12.4. The van der Waals surface area contributed by atoms with Crippen LogP contribution < -0.4 is 10.0 Å². The summed E-state index contributed by atoms with van der Waals surface area (Å²) in [7, 11) is -3.54.